The highest BCUT2D eigenvalue weighted by molar-refractivity contribution is 5.83. The standard InChI is InChI=1S/C25H30N2O5/c1-4-17(13-14-23(28)27(3)16(2)24(29)30)26-25(31)32-15-22-20-11-7-5-9-18(20)19-10-6-8-12-21(19)22/h5-12,16-17,22H,4,13-15H2,1-3H3,(H,26,31)(H,29,30)/t16-,17?/m0/s1. The molecule has 0 aromatic heterocycles. The number of hydrogen-bond donors (Lipinski definition) is 2. The van der Waals surface area contributed by atoms with E-state index in [2.05, 4.69) is 29.6 Å². The van der Waals surface area contributed by atoms with Crippen molar-refractivity contribution in [3.63, 3.8) is 0 Å². The number of aliphatic carboxylic acids is 1. The molecule has 2 aromatic rings. The van der Waals surface area contributed by atoms with Crippen LogP contribution in [0.2, 0.25) is 0 Å². The van der Waals surface area contributed by atoms with Gasteiger partial charge >= 0.3 is 12.1 Å². The van der Waals surface area contributed by atoms with Crippen LogP contribution in [0.5, 0.6) is 0 Å². The molecule has 0 radical (unpaired) electrons. The Morgan fingerprint density at radius 1 is 1.06 bits per heavy atom. The number of fused-ring (bicyclic) bond motifs is 3. The van der Waals surface area contributed by atoms with E-state index < -0.39 is 18.1 Å². The van der Waals surface area contributed by atoms with E-state index >= 15 is 0 Å². The van der Waals surface area contributed by atoms with Crippen molar-refractivity contribution in [1.82, 2.24) is 10.2 Å². The maximum absolute atomic E-state index is 12.5. The molecule has 7 heteroatoms. The molecule has 7 nitrogen and oxygen atoms in total. The first-order valence-electron chi connectivity index (χ1n) is 10.9. The van der Waals surface area contributed by atoms with Crippen molar-refractivity contribution in [3.8, 4) is 11.1 Å². The molecule has 0 saturated carbocycles. The SMILES string of the molecule is CCC(CCC(=O)N(C)[C@@H](C)C(=O)O)NC(=O)OCC1c2ccccc2-c2ccccc21. The van der Waals surface area contributed by atoms with Gasteiger partial charge in [0, 0.05) is 25.4 Å². The summed E-state index contributed by atoms with van der Waals surface area (Å²) in [5.41, 5.74) is 4.63. The number of hydrogen-bond acceptors (Lipinski definition) is 4. The predicted molar refractivity (Wildman–Crippen MR) is 121 cm³/mol. The summed E-state index contributed by atoms with van der Waals surface area (Å²) in [7, 11) is 1.47. The molecular weight excluding hydrogens is 408 g/mol. The molecule has 0 aliphatic heterocycles. The minimum absolute atomic E-state index is 0.0130. The van der Waals surface area contributed by atoms with Crippen molar-refractivity contribution < 1.29 is 24.2 Å². The molecule has 170 valence electrons. The normalized spacial score (nSPS) is 14.1. The molecule has 1 unspecified atom stereocenters. The van der Waals surface area contributed by atoms with Gasteiger partial charge in [-0.1, -0.05) is 55.5 Å². The molecule has 0 saturated heterocycles. The summed E-state index contributed by atoms with van der Waals surface area (Å²) in [6.07, 6.45) is 0.681. The van der Waals surface area contributed by atoms with E-state index in [0.717, 1.165) is 11.1 Å². The van der Waals surface area contributed by atoms with E-state index in [4.69, 9.17) is 9.84 Å². The van der Waals surface area contributed by atoms with Crippen molar-refractivity contribution >= 4 is 18.0 Å². The highest BCUT2D eigenvalue weighted by atomic mass is 16.5. The average Bonchev–Trinajstić information content (AvgIpc) is 3.12. The molecule has 0 heterocycles. The molecule has 1 aliphatic carbocycles. The Kier molecular flexibility index (Phi) is 7.51. The van der Waals surface area contributed by atoms with E-state index in [1.807, 2.05) is 31.2 Å². The Bertz CT molecular complexity index is 944. The minimum Gasteiger partial charge on any atom is -0.480 e. The Morgan fingerprint density at radius 2 is 1.62 bits per heavy atom. The third kappa shape index (κ3) is 5.10. The summed E-state index contributed by atoms with van der Waals surface area (Å²) < 4.78 is 5.57. The fourth-order valence-electron chi connectivity index (χ4n) is 4.04. The van der Waals surface area contributed by atoms with E-state index in [1.54, 1.807) is 0 Å². The Hall–Kier alpha value is -3.35. The van der Waals surface area contributed by atoms with Crippen molar-refractivity contribution in [2.75, 3.05) is 13.7 Å². The van der Waals surface area contributed by atoms with Crippen molar-refractivity contribution in [2.24, 2.45) is 0 Å². The molecule has 32 heavy (non-hydrogen) atoms. The largest absolute Gasteiger partial charge is 0.480 e. The molecule has 2 aromatic carbocycles. The monoisotopic (exact) mass is 438 g/mol. The quantitative estimate of drug-likeness (QED) is 0.617. The Balaban J connectivity index is 1.54. The lowest BCUT2D eigenvalue weighted by atomic mass is 9.98. The first kappa shape index (κ1) is 23.3. The molecule has 2 atom stereocenters. The number of carbonyl (C=O) groups is 3. The van der Waals surface area contributed by atoms with Crippen LogP contribution in [0.4, 0.5) is 4.79 Å². The number of carboxylic acid groups (broad SMARTS) is 1. The van der Waals surface area contributed by atoms with Crippen LogP contribution in [0.25, 0.3) is 11.1 Å². The van der Waals surface area contributed by atoms with Gasteiger partial charge in [0.1, 0.15) is 12.6 Å². The zero-order valence-electron chi connectivity index (χ0n) is 18.7. The molecule has 3 rings (SSSR count). The number of amides is 2. The maximum Gasteiger partial charge on any atom is 0.407 e. The van der Waals surface area contributed by atoms with Gasteiger partial charge in [0.05, 0.1) is 0 Å². The van der Waals surface area contributed by atoms with Crippen molar-refractivity contribution in [2.45, 2.75) is 51.1 Å². The van der Waals surface area contributed by atoms with Crippen LogP contribution < -0.4 is 5.32 Å². The van der Waals surface area contributed by atoms with E-state index in [9.17, 15) is 14.4 Å². The summed E-state index contributed by atoms with van der Waals surface area (Å²) in [5, 5.41) is 11.9. The second-order valence-electron chi connectivity index (χ2n) is 8.13. The molecular formula is C25H30N2O5. The molecule has 0 fully saturated rings. The molecule has 0 bridgehead atoms. The molecule has 2 N–H and O–H groups in total. The summed E-state index contributed by atoms with van der Waals surface area (Å²) >= 11 is 0. The third-order valence-corrected chi connectivity index (χ3v) is 6.20. The van der Waals surface area contributed by atoms with Gasteiger partial charge < -0.3 is 20.1 Å². The van der Waals surface area contributed by atoms with Crippen LogP contribution in [0.1, 0.15) is 50.2 Å². The van der Waals surface area contributed by atoms with Crippen LogP contribution >= 0.6 is 0 Å². The smallest absolute Gasteiger partial charge is 0.407 e. The molecule has 0 spiro atoms. The van der Waals surface area contributed by atoms with Crippen LogP contribution in [-0.2, 0) is 14.3 Å². The second-order valence-corrected chi connectivity index (χ2v) is 8.13. The highest BCUT2D eigenvalue weighted by Gasteiger charge is 2.29. The van der Waals surface area contributed by atoms with Gasteiger partial charge in [-0.05, 0) is 42.0 Å². The third-order valence-electron chi connectivity index (χ3n) is 6.20. The van der Waals surface area contributed by atoms with Crippen molar-refractivity contribution in [3.05, 3.63) is 59.7 Å². The van der Waals surface area contributed by atoms with Crippen LogP contribution in [0, 0.1) is 0 Å². The van der Waals surface area contributed by atoms with Gasteiger partial charge in [-0.3, -0.25) is 4.79 Å². The first-order valence-corrected chi connectivity index (χ1v) is 10.9. The predicted octanol–water partition coefficient (Wildman–Crippen LogP) is 4.02. The van der Waals surface area contributed by atoms with E-state index in [-0.39, 0.29) is 30.9 Å². The topological polar surface area (TPSA) is 95.9 Å². The number of alkyl carbamates (subject to hydrolysis) is 1. The summed E-state index contributed by atoms with van der Waals surface area (Å²) in [5.74, 6) is -1.33. The second kappa shape index (κ2) is 10.3. The number of likely N-dealkylation sites (N-methyl/N-ethyl adjacent to an activating group) is 1. The van der Waals surface area contributed by atoms with Crippen molar-refractivity contribution in [1.29, 1.82) is 0 Å². The lowest BCUT2D eigenvalue weighted by molar-refractivity contribution is -0.148. The lowest BCUT2D eigenvalue weighted by Gasteiger charge is -2.23. The van der Waals surface area contributed by atoms with Gasteiger partial charge in [0.2, 0.25) is 5.91 Å². The fourth-order valence-corrected chi connectivity index (χ4v) is 4.04. The van der Waals surface area contributed by atoms with Gasteiger partial charge in [-0.2, -0.15) is 0 Å². The van der Waals surface area contributed by atoms with Gasteiger partial charge in [-0.15, -0.1) is 0 Å². The van der Waals surface area contributed by atoms with E-state index in [1.165, 1.54) is 30.0 Å². The van der Waals surface area contributed by atoms with Crippen LogP contribution in [-0.4, -0.2) is 53.7 Å². The van der Waals surface area contributed by atoms with Gasteiger partial charge in [0.15, 0.2) is 0 Å². The lowest BCUT2D eigenvalue weighted by Crippen LogP contribution is -2.41. The number of nitrogens with zero attached hydrogens (tertiary/aromatic N) is 1. The summed E-state index contributed by atoms with van der Waals surface area (Å²) in [6.45, 7) is 3.61. The zero-order chi connectivity index (χ0) is 23.3. The molecule has 2 amide bonds. The van der Waals surface area contributed by atoms with Gasteiger partial charge in [-0.25, -0.2) is 9.59 Å². The number of ether oxygens (including phenoxy) is 1. The number of benzene rings is 2. The zero-order valence-corrected chi connectivity index (χ0v) is 18.7. The fraction of sp³-hybridized carbons (Fsp3) is 0.400. The summed E-state index contributed by atoms with van der Waals surface area (Å²) in [6, 6.07) is 15.2. The van der Waals surface area contributed by atoms with E-state index in [0.29, 0.717) is 12.8 Å². The number of rotatable bonds is 9. The number of nitrogens with one attached hydrogen (secondary N) is 1. The minimum atomic E-state index is -1.05. The average molecular weight is 439 g/mol. The highest BCUT2D eigenvalue weighted by Crippen LogP contribution is 2.44. The number of carbonyl (C=O) groups excluding carboxylic acids is 2. The van der Waals surface area contributed by atoms with Crippen LogP contribution in [0.3, 0.4) is 0 Å². The Labute approximate surface area is 188 Å². The Morgan fingerprint density at radius 3 is 2.16 bits per heavy atom. The van der Waals surface area contributed by atoms with Gasteiger partial charge in [0.25, 0.3) is 0 Å². The number of carboxylic acids is 1. The van der Waals surface area contributed by atoms with Crippen LogP contribution in [0.15, 0.2) is 48.5 Å². The molecule has 1 aliphatic rings. The summed E-state index contributed by atoms with van der Waals surface area (Å²) in [4.78, 5) is 37.0. The first-order chi connectivity index (χ1) is 15.3. The maximum atomic E-state index is 12.5.